The molecule has 0 aliphatic carbocycles. The van der Waals surface area contributed by atoms with E-state index in [0.717, 1.165) is 25.9 Å². The van der Waals surface area contributed by atoms with E-state index in [-0.39, 0.29) is 17.2 Å². The molecule has 1 saturated heterocycles. The summed E-state index contributed by atoms with van der Waals surface area (Å²) in [6.07, 6.45) is 2.58. The summed E-state index contributed by atoms with van der Waals surface area (Å²) < 4.78 is 0. The third-order valence-corrected chi connectivity index (χ3v) is 4.17. The summed E-state index contributed by atoms with van der Waals surface area (Å²) in [5, 5.41) is 5.93. The minimum absolute atomic E-state index is 0.0308. The number of carbonyl (C=O) groups excluding carboxylic acids is 2. The lowest BCUT2D eigenvalue weighted by Crippen LogP contribution is -2.48. The van der Waals surface area contributed by atoms with Gasteiger partial charge in [0.2, 0.25) is 11.8 Å². The molecule has 1 aliphatic heterocycles. The van der Waals surface area contributed by atoms with Crippen molar-refractivity contribution < 1.29 is 9.59 Å². The van der Waals surface area contributed by atoms with Gasteiger partial charge in [-0.3, -0.25) is 9.59 Å². The number of piperidine rings is 1. The van der Waals surface area contributed by atoms with Crippen molar-refractivity contribution in [2.45, 2.75) is 33.1 Å². The van der Waals surface area contributed by atoms with E-state index in [2.05, 4.69) is 10.6 Å². The highest BCUT2D eigenvalue weighted by Gasteiger charge is 2.38. The fraction of sp³-hybridized carbons (Fsp3) is 0.857. The Balaban J connectivity index is 2.55. The van der Waals surface area contributed by atoms with Gasteiger partial charge in [0.15, 0.2) is 0 Å². The Morgan fingerprint density at radius 3 is 2.63 bits per heavy atom. The number of hydrogen-bond donors (Lipinski definition) is 2. The summed E-state index contributed by atoms with van der Waals surface area (Å²) in [5.74, 6) is 0.470. The van der Waals surface area contributed by atoms with E-state index in [9.17, 15) is 9.59 Å². The van der Waals surface area contributed by atoms with Crippen LogP contribution in [0.1, 0.15) is 33.1 Å². The van der Waals surface area contributed by atoms with Gasteiger partial charge in [-0.15, -0.1) is 0 Å². The number of amides is 2. The van der Waals surface area contributed by atoms with Crippen LogP contribution in [-0.4, -0.2) is 50.4 Å². The summed E-state index contributed by atoms with van der Waals surface area (Å²) in [5.41, 5.74) is -0.370. The molecule has 2 N–H and O–H groups in total. The third kappa shape index (κ3) is 4.20. The second kappa shape index (κ2) is 6.89. The van der Waals surface area contributed by atoms with Crippen molar-refractivity contribution in [2.24, 2.45) is 11.3 Å². The summed E-state index contributed by atoms with van der Waals surface area (Å²) in [6.45, 7) is 6.46. The highest BCUT2D eigenvalue weighted by Crippen LogP contribution is 2.33. The maximum atomic E-state index is 12.5. The van der Waals surface area contributed by atoms with Crippen LogP contribution in [-0.2, 0) is 9.59 Å². The molecule has 5 heteroatoms. The minimum atomic E-state index is -0.370. The number of nitrogens with zero attached hydrogens (tertiary/aromatic N) is 1. The van der Waals surface area contributed by atoms with Crippen molar-refractivity contribution in [3.63, 3.8) is 0 Å². The number of hydrogen-bond acceptors (Lipinski definition) is 3. The van der Waals surface area contributed by atoms with E-state index < -0.39 is 0 Å². The van der Waals surface area contributed by atoms with Crippen LogP contribution >= 0.6 is 0 Å². The van der Waals surface area contributed by atoms with Crippen LogP contribution in [0.3, 0.4) is 0 Å². The highest BCUT2D eigenvalue weighted by molar-refractivity contribution is 5.83. The van der Waals surface area contributed by atoms with Crippen LogP contribution in [0.15, 0.2) is 0 Å². The Kier molecular flexibility index (Phi) is 5.79. The predicted molar refractivity (Wildman–Crippen MR) is 75.7 cm³/mol. The number of carbonyl (C=O) groups is 2. The van der Waals surface area contributed by atoms with Gasteiger partial charge in [-0.05, 0) is 31.8 Å². The largest absolute Gasteiger partial charge is 0.359 e. The molecule has 0 bridgehead atoms. The van der Waals surface area contributed by atoms with Crippen molar-refractivity contribution in [2.75, 3.05) is 33.7 Å². The van der Waals surface area contributed by atoms with Gasteiger partial charge in [-0.25, -0.2) is 0 Å². The molecule has 1 aliphatic rings. The molecule has 0 saturated carbocycles. The van der Waals surface area contributed by atoms with E-state index in [0.29, 0.717) is 18.9 Å². The molecule has 1 heterocycles. The molecule has 19 heavy (non-hydrogen) atoms. The standard InChI is InChI=1S/C14H27N3O2/c1-14(2,11-6-5-8-16-10-11)13(19)17(4)9-7-12(18)15-3/h11,16H,5-10H2,1-4H3,(H,15,18). The SMILES string of the molecule is CNC(=O)CCN(C)C(=O)C(C)(C)C1CCCNC1. The summed E-state index contributed by atoms with van der Waals surface area (Å²) in [6, 6.07) is 0. The Hall–Kier alpha value is -1.10. The molecule has 2 amide bonds. The van der Waals surface area contributed by atoms with Crippen LogP contribution in [0.5, 0.6) is 0 Å². The maximum absolute atomic E-state index is 12.5. The second-order valence-electron chi connectivity index (χ2n) is 5.91. The molecular weight excluding hydrogens is 242 g/mol. The van der Waals surface area contributed by atoms with Crippen LogP contribution in [0.4, 0.5) is 0 Å². The van der Waals surface area contributed by atoms with E-state index >= 15 is 0 Å². The van der Waals surface area contributed by atoms with Crippen LogP contribution < -0.4 is 10.6 Å². The maximum Gasteiger partial charge on any atom is 0.228 e. The summed E-state index contributed by atoms with van der Waals surface area (Å²) >= 11 is 0. The molecule has 5 nitrogen and oxygen atoms in total. The second-order valence-corrected chi connectivity index (χ2v) is 5.91. The molecule has 1 fully saturated rings. The molecule has 1 atom stereocenters. The quantitative estimate of drug-likeness (QED) is 0.768. The predicted octanol–water partition coefficient (Wildman–Crippen LogP) is 0.607. The van der Waals surface area contributed by atoms with Crippen molar-refractivity contribution in [3.05, 3.63) is 0 Å². The van der Waals surface area contributed by atoms with Crippen molar-refractivity contribution in [3.8, 4) is 0 Å². The zero-order valence-corrected chi connectivity index (χ0v) is 12.6. The number of rotatable bonds is 5. The molecule has 0 aromatic heterocycles. The first-order chi connectivity index (χ1) is 8.89. The summed E-state index contributed by atoms with van der Waals surface area (Å²) in [4.78, 5) is 25.4. The topological polar surface area (TPSA) is 61.4 Å². The van der Waals surface area contributed by atoms with Crippen molar-refractivity contribution in [1.29, 1.82) is 0 Å². The van der Waals surface area contributed by atoms with Gasteiger partial charge in [-0.2, -0.15) is 0 Å². The zero-order chi connectivity index (χ0) is 14.5. The van der Waals surface area contributed by atoms with Gasteiger partial charge >= 0.3 is 0 Å². The Morgan fingerprint density at radius 1 is 1.42 bits per heavy atom. The van der Waals surface area contributed by atoms with Crippen LogP contribution in [0, 0.1) is 11.3 Å². The van der Waals surface area contributed by atoms with Gasteiger partial charge in [0.25, 0.3) is 0 Å². The Labute approximate surface area is 116 Å². The first-order valence-corrected chi connectivity index (χ1v) is 7.06. The molecule has 0 aromatic rings. The molecule has 0 aromatic carbocycles. The van der Waals surface area contributed by atoms with Crippen LogP contribution in [0.25, 0.3) is 0 Å². The van der Waals surface area contributed by atoms with Gasteiger partial charge in [0.1, 0.15) is 0 Å². The molecule has 110 valence electrons. The summed E-state index contributed by atoms with van der Waals surface area (Å²) in [7, 11) is 3.39. The molecule has 0 spiro atoms. The smallest absolute Gasteiger partial charge is 0.228 e. The number of nitrogens with one attached hydrogen (secondary N) is 2. The third-order valence-electron chi connectivity index (χ3n) is 4.17. The molecule has 1 rings (SSSR count). The normalized spacial score (nSPS) is 19.9. The monoisotopic (exact) mass is 269 g/mol. The minimum Gasteiger partial charge on any atom is -0.359 e. The van der Waals surface area contributed by atoms with Gasteiger partial charge in [0.05, 0.1) is 0 Å². The zero-order valence-electron chi connectivity index (χ0n) is 12.6. The van der Waals surface area contributed by atoms with Gasteiger partial charge in [0, 0.05) is 32.5 Å². The fourth-order valence-electron chi connectivity index (χ4n) is 2.63. The molecule has 1 unspecified atom stereocenters. The van der Waals surface area contributed by atoms with E-state index in [4.69, 9.17) is 0 Å². The average Bonchev–Trinajstić information content (AvgIpc) is 2.44. The Bertz CT molecular complexity index is 323. The average molecular weight is 269 g/mol. The lowest BCUT2D eigenvalue weighted by molar-refractivity contribution is -0.142. The van der Waals surface area contributed by atoms with Gasteiger partial charge in [-0.1, -0.05) is 13.8 Å². The lowest BCUT2D eigenvalue weighted by atomic mass is 9.74. The first-order valence-electron chi connectivity index (χ1n) is 7.06. The van der Waals surface area contributed by atoms with Gasteiger partial charge < -0.3 is 15.5 Å². The van der Waals surface area contributed by atoms with Crippen molar-refractivity contribution >= 4 is 11.8 Å². The highest BCUT2D eigenvalue weighted by atomic mass is 16.2. The van der Waals surface area contributed by atoms with Crippen LogP contribution in [0.2, 0.25) is 0 Å². The first kappa shape index (κ1) is 16.0. The fourth-order valence-corrected chi connectivity index (χ4v) is 2.63. The molecule has 0 radical (unpaired) electrons. The molecular formula is C14H27N3O2. The van der Waals surface area contributed by atoms with Crippen molar-refractivity contribution in [1.82, 2.24) is 15.5 Å². The van der Waals surface area contributed by atoms with E-state index in [1.54, 1.807) is 19.0 Å². The Morgan fingerprint density at radius 2 is 2.11 bits per heavy atom. The lowest BCUT2D eigenvalue weighted by Gasteiger charge is -2.38. The van der Waals surface area contributed by atoms with E-state index in [1.807, 2.05) is 13.8 Å². The van der Waals surface area contributed by atoms with E-state index in [1.165, 1.54) is 0 Å².